The van der Waals surface area contributed by atoms with Crippen LogP contribution < -0.4 is 5.32 Å². The summed E-state index contributed by atoms with van der Waals surface area (Å²) >= 11 is 0. The number of methoxy groups -OCH3 is 1. The molecule has 1 fully saturated rings. The second-order valence-corrected chi connectivity index (χ2v) is 3.58. The number of carbonyl (C=O) groups is 2. The molecule has 86 valence electrons. The highest BCUT2D eigenvalue weighted by Gasteiger charge is 2.22. The molecule has 15 heavy (non-hydrogen) atoms. The van der Waals surface area contributed by atoms with Crippen molar-refractivity contribution in [3.05, 3.63) is 0 Å². The van der Waals surface area contributed by atoms with Crippen molar-refractivity contribution in [1.82, 2.24) is 10.2 Å². The van der Waals surface area contributed by atoms with Crippen LogP contribution in [0, 0.1) is 0 Å². The Hall–Kier alpha value is -1.10. The number of urea groups is 1. The zero-order chi connectivity index (χ0) is 11.1. The summed E-state index contributed by atoms with van der Waals surface area (Å²) in [6.45, 7) is 1.45. The van der Waals surface area contributed by atoms with Gasteiger partial charge in [0.2, 0.25) is 5.91 Å². The average molecular weight is 214 g/mol. The fraction of sp³-hybridized carbons (Fsp3) is 0.800. The molecule has 1 rings (SSSR count). The van der Waals surface area contributed by atoms with E-state index in [0.717, 1.165) is 19.3 Å². The van der Waals surface area contributed by atoms with Crippen molar-refractivity contribution in [2.75, 3.05) is 26.8 Å². The maximum Gasteiger partial charge on any atom is 0.324 e. The van der Waals surface area contributed by atoms with E-state index in [0.29, 0.717) is 26.1 Å². The number of imide groups is 1. The highest BCUT2D eigenvalue weighted by atomic mass is 16.5. The van der Waals surface area contributed by atoms with Gasteiger partial charge in [0.15, 0.2) is 0 Å². The number of ether oxygens (including phenoxy) is 1. The molecule has 0 unspecified atom stereocenters. The minimum absolute atomic E-state index is 0.0672. The summed E-state index contributed by atoms with van der Waals surface area (Å²) in [4.78, 5) is 24.4. The Bertz CT molecular complexity index is 231. The van der Waals surface area contributed by atoms with Crippen molar-refractivity contribution in [2.24, 2.45) is 0 Å². The van der Waals surface area contributed by atoms with Crippen LogP contribution in [-0.4, -0.2) is 43.6 Å². The van der Waals surface area contributed by atoms with E-state index in [1.807, 2.05) is 0 Å². The molecule has 1 saturated heterocycles. The first kappa shape index (κ1) is 12.0. The number of carbonyl (C=O) groups excluding carboxylic acids is 2. The molecule has 0 saturated carbocycles. The quantitative estimate of drug-likeness (QED) is 0.705. The molecule has 0 radical (unpaired) electrons. The van der Waals surface area contributed by atoms with Crippen LogP contribution in [0.5, 0.6) is 0 Å². The van der Waals surface area contributed by atoms with E-state index in [1.165, 1.54) is 4.90 Å². The molecular formula is C10H18N2O3. The Morgan fingerprint density at radius 2 is 2.27 bits per heavy atom. The van der Waals surface area contributed by atoms with E-state index in [-0.39, 0.29) is 11.9 Å². The lowest BCUT2D eigenvalue weighted by atomic mass is 10.2. The van der Waals surface area contributed by atoms with Crippen molar-refractivity contribution < 1.29 is 14.3 Å². The largest absolute Gasteiger partial charge is 0.383 e. The molecule has 5 heteroatoms. The maximum atomic E-state index is 11.6. The van der Waals surface area contributed by atoms with E-state index in [9.17, 15) is 9.59 Å². The molecule has 0 aromatic carbocycles. The number of amides is 3. The molecule has 1 N–H and O–H groups in total. The number of nitrogens with zero attached hydrogens (tertiary/aromatic N) is 1. The van der Waals surface area contributed by atoms with Gasteiger partial charge in [0.25, 0.3) is 0 Å². The maximum absolute atomic E-state index is 11.6. The molecule has 0 atom stereocenters. The minimum atomic E-state index is -0.293. The summed E-state index contributed by atoms with van der Waals surface area (Å²) < 4.78 is 4.81. The molecule has 1 aliphatic heterocycles. The first-order valence-corrected chi connectivity index (χ1v) is 5.33. The van der Waals surface area contributed by atoms with Crippen molar-refractivity contribution in [3.63, 3.8) is 0 Å². The monoisotopic (exact) mass is 214 g/mol. The van der Waals surface area contributed by atoms with Crippen LogP contribution in [0.1, 0.15) is 25.7 Å². The molecule has 0 aromatic rings. The molecule has 0 aliphatic carbocycles. The van der Waals surface area contributed by atoms with Gasteiger partial charge < -0.3 is 10.1 Å². The molecule has 0 spiro atoms. The normalized spacial score (nSPS) is 17.4. The Balaban J connectivity index is 2.38. The number of nitrogens with one attached hydrogen (secondary N) is 1. The lowest BCUT2D eigenvalue weighted by Gasteiger charge is -2.18. The van der Waals surface area contributed by atoms with Gasteiger partial charge in [-0.05, 0) is 12.8 Å². The van der Waals surface area contributed by atoms with Gasteiger partial charge in [0.1, 0.15) is 0 Å². The highest BCUT2D eigenvalue weighted by Crippen LogP contribution is 2.10. The molecule has 1 aliphatic rings. The molecule has 3 amide bonds. The molecule has 5 nitrogen and oxygen atoms in total. The molecule has 1 heterocycles. The summed E-state index contributed by atoms with van der Waals surface area (Å²) in [6, 6.07) is -0.293. The van der Waals surface area contributed by atoms with Crippen molar-refractivity contribution in [2.45, 2.75) is 25.7 Å². The van der Waals surface area contributed by atoms with Crippen LogP contribution in [0.4, 0.5) is 4.79 Å². The summed E-state index contributed by atoms with van der Waals surface area (Å²) in [6.07, 6.45) is 3.30. The molecule has 0 aromatic heterocycles. The van der Waals surface area contributed by atoms with E-state index in [4.69, 9.17) is 4.74 Å². The first-order valence-electron chi connectivity index (χ1n) is 5.33. The predicted molar refractivity (Wildman–Crippen MR) is 55.5 cm³/mol. The van der Waals surface area contributed by atoms with Gasteiger partial charge >= 0.3 is 6.03 Å². The van der Waals surface area contributed by atoms with Crippen molar-refractivity contribution in [3.8, 4) is 0 Å². The fourth-order valence-corrected chi connectivity index (χ4v) is 1.55. The Labute approximate surface area is 89.8 Å². The summed E-state index contributed by atoms with van der Waals surface area (Å²) in [7, 11) is 1.57. The van der Waals surface area contributed by atoms with Crippen LogP contribution in [0.3, 0.4) is 0 Å². The van der Waals surface area contributed by atoms with Gasteiger partial charge in [0, 0.05) is 26.6 Å². The third-order valence-electron chi connectivity index (χ3n) is 2.40. The summed E-state index contributed by atoms with van der Waals surface area (Å²) in [5, 5.41) is 2.65. The van der Waals surface area contributed by atoms with Gasteiger partial charge in [0.05, 0.1) is 6.61 Å². The minimum Gasteiger partial charge on any atom is -0.383 e. The van der Waals surface area contributed by atoms with Gasteiger partial charge in [-0.2, -0.15) is 0 Å². The van der Waals surface area contributed by atoms with Gasteiger partial charge in [-0.25, -0.2) is 4.79 Å². The van der Waals surface area contributed by atoms with Gasteiger partial charge in [-0.1, -0.05) is 6.42 Å². The van der Waals surface area contributed by atoms with Crippen LogP contribution in [0.15, 0.2) is 0 Å². The second kappa shape index (κ2) is 6.40. The van der Waals surface area contributed by atoms with Gasteiger partial charge in [-0.3, -0.25) is 9.69 Å². The fourth-order valence-electron chi connectivity index (χ4n) is 1.55. The molecule has 0 bridgehead atoms. The predicted octanol–water partition coefficient (Wildman–Crippen LogP) is 0.745. The first-order chi connectivity index (χ1) is 7.25. The SMILES string of the molecule is COCCNC(=O)N1CCCCCC1=O. The standard InChI is InChI=1S/C10H18N2O3/c1-15-8-6-11-10(14)12-7-4-2-3-5-9(12)13/h2-8H2,1H3,(H,11,14). The Kier molecular flexibility index (Phi) is 5.10. The van der Waals surface area contributed by atoms with Gasteiger partial charge in [-0.15, -0.1) is 0 Å². The number of hydrogen-bond acceptors (Lipinski definition) is 3. The average Bonchev–Trinajstić information content (AvgIpc) is 2.43. The number of rotatable bonds is 3. The highest BCUT2D eigenvalue weighted by molar-refractivity contribution is 5.94. The Morgan fingerprint density at radius 3 is 3.00 bits per heavy atom. The number of likely N-dealkylation sites (tertiary alicyclic amines) is 1. The lowest BCUT2D eigenvalue weighted by molar-refractivity contribution is -0.127. The molecular weight excluding hydrogens is 196 g/mol. The number of hydrogen-bond donors (Lipinski definition) is 1. The smallest absolute Gasteiger partial charge is 0.324 e. The van der Waals surface area contributed by atoms with Crippen molar-refractivity contribution in [1.29, 1.82) is 0 Å². The lowest BCUT2D eigenvalue weighted by Crippen LogP contribution is -2.44. The van der Waals surface area contributed by atoms with Crippen molar-refractivity contribution >= 4 is 11.9 Å². The van der Waals surface area contributed by atoms with Crippen LogP contribution in [-0.2, 0) is 9.53 Å². The Morgan fingerprint density at radius 1 is 1.47 bits per heavy atom. The van der Waals surface area contributed by atoms with E-state index in [2.05, 4.69) is 5.32 Å². The van der Waals surface area contributed by atoms with E-state index >= 15 is 0 Å². The summed E-state index contributed by atoms with van der Waals surface area (Å²) in [5.41, 5.74) is 0. The third-order valence-corrected chi connectivity index (χ3v) is 2.40. The van der Waals surface area contributed by atoms with Crippen LogP contribution in [0.2, 0.25) is 0 Å². The summed E-state index contributed by atoms with van der Waals surface area (Å²) in [5.74, 6) is -0.0672. The third kappa shape index (κ3) is 3.87. The zero-order valence-electron chi connectivity index (χ0n) is 9.12. The van der Waals surface area contributed by atoms with Crippen LogP contribution in [0.25, 0.3) is 0 Å². The topological polar surface area (TPSA) is 58.6 Å². The van der Waals surface area contributed by atoms with Crippen LogP contribution >= 0.6 is 0 Å². The second-order valence-electron chi connectivity index (χ2n) is 3.58. The van der Waals surface area contributed by atoms with E-state index < -0.39 is 0 Å². The van der Waals surface area contributed by atoms with E-state index in [1.54, 1.807) is 7.11 Å². The zero-order valence-corrected chi connectivity index (χ0v) is 9.12.